The molecule has 0 saturated carbocycles. The number of piperazine rings is 1. The van der Waals surface area contributed by atoms with Crippen molar-refractivity contribution < 1.29 is 0 Å². The van der Waals surface area contributed by atoms with Crippen molar-refractivity contribution in [2.24, 2.45) is 0 Å². The molecule has 0 atom stereocenters. The summed E-state index contributed by atoms with van der Waals surface area (Å²) in [5.74, 6) is 0. The average molecular weight is 183 g/mol. The molecule has 0 amide bonds. The van der Waals surface area contributed by atoms with Crippen molar-refractivity contribution in [3.05, 3.63) is 0 Å². The zero-order valence-corrected chi connectivity index (χ0v) is 7.54. The Labute approximate surface area is 71.5 Å². The van der Waals surface area contributed by atoms with E-state index in [0.29, 0.717) is 0 Å². The van der Waals surface area contributed by atoms with Crippen LogP contribution in [-0.4, -0.2) is 35.5 Å². The third-order valence-electron chi connectivity index (χ3n) is 1.67. The lowest BCUT2D eigenvalue weighted by molar-refractivity contribution is 0.207. The van der Waals surface area contributed by atoms with Crippen LogP contribution in [-0.2, 0) is 0 Å². The van der Waals surface area contributed by atoms with E-state index in [1.165, 1.54) is 0 Å². The maximum absolute atomic E-state index is 5.88. The molecule has 0 spiro atoms. The van der Waals surface area contributed by atoms with E-state index >= 15 is 0 Å². The quantitative estimate of drug-likeness (QED) is 0.482. The molecule has 1 aliphatic rings. The maximum Gasteiger partial charge on any atom is 0.168 e. The maximum atomic E-state index is 5.88. The fourth-order valence-corrected chi connectivity index (χ4v) is 1.40. The summed E-state index contributed by atoms with van der Waals surface area (Å²) in [5, 5.41) is 3.23. The van der Waals surface area contributed by atoms with Crippen LogP contribution in [0.4, 0.5) is 0 Å². The van der Waals surface area contributed by atoms with E-state index in [9.17, 15) is 0 Å². The summed E-state index contributed by atoms with van der Waals surface area (Å²) < 4.78 is -0.692. The molecule has 0 unspecified atom stereocenters. The van der Waals surface area contributed by atoms with Crippen molar-refractivity contribution in [2.45, 2.75) is 11.4 Å². The van der Waals surface area contributed by atoms with E-state index in [-0.39, 0.29) is 0 Å². The van der Waals surface area contributed by atoms with Gasteiger partial charge in [-0.2, -0.15) is 0 Å². The molecule has 2 nitrogen and oxygen atoms in total. The molecule has 1 heterocycles. The number of hydrogen-bond acceptors (Lipinski definition) is 2. The fourth-order valence-electron chi connectivity index (χ4n) is 1.06. The van der Waals surface area contributed by atoms with Crippen LogP contribution in [0.1, 0.15) is 6.92 Å². The Balaban J connectivity index is 2.39. The molecule has 0 aromatic heterocycles. The first-order chi connectivity index (χ1) is 4.61. The van der Waals surface area contributed by atoms with Crippen LogP contribution in [0, 0.1) is 0 Å². The first-order valence-electron chi connectivity index (χ1n) is 3.44. The molecule has 60 valence electrons. The van der Waals surface area contributed by atoms with Crippen LogP contribution in [0.2, 0.25) is 0 Å². The number of hydrogen-bond donors (Lipinski definition) is 1. The van der Waals surface area contributed by atoms with Crippen LogP contribution in [0.5, 0.6) is 0 Å². The third kappa shape index (κ3) is 2.27. The van der Waals surface area contributed by atoms with Gasteiger partial charge in [-0.3, -0.25) is 4.90 Å². The van der Waals surface area contributed by atoms with Gasteiger partial charge in [0.1, 0.15) is 0 Å². The van der Waals surface area contributed by atoms with Crippen molar-refractivity contribution in [3.63, 3.8) is 0 Å². The number of alkyl halides is 2. The molecule has 4 heteroatoms. The lowest BCUT2D eigenvalue weighted by atomic mass is 10.4. The molecule has 0 aromatic carbocycles. The van der Waals surface area contributed by atoms with E-state index in [1.807, 2.05) is 4.90 Å². The van der Waals surface area contributed by atoms with Gasteiger partial charge in [-0.1, -0.05) is 23.2 Å². The zero-order valence-electron chi connectivity index (χ0n) is 6.03. The first kappa shape index (κ1) is 8.60. The smallest absolute Gasteiger partial charge is 0.168 e. The minimum absolute atomic E-state index is 0.692. The highest BCUT2D eigenvalue weighted by molar-refractivity contribution is 6.47. The molecule has 1 N–H and O–H groups in total. The van der Waals surface area contributed by atoms with Crippen LogP contribution < -0.4 is 5.32 Å². The fraction of sp³-hybridized carbons (Fsp3) is 1.00. The molecule has 0 bridgehead atoms. The molecular formula is C6H12Cl2N2. The van der Waals surface area contributed by atoms with Gasteiger partial charge in [0, 0.05) is 26.2 Å². The Morgan fingerprint density at radius 3 is 2.10 bits per heavy atom. The highest BCUT2D eigenvalue weighted by atomic mass is 35.5. The monoisotopic (exact) mass is 182 g/mol. The molecule has 1 aliphatic heterocycles. The van der Waals surface area contributed by atoms with E-state index in [0.717, 1.165) is 26.2 Å². The summed E-state index contributed by atoms with van der Waals surface area (Å²) in [6, 6.07) is 0. The molecule has 10 heavy (non-hydrogen) atoms. The van der Waals surface area contributed by atoms with Gasteiger partial charge in [-0.15, -0.1) is 0 Å². The SMILES string of the molecule is CC(Cl)(Cl)N1CCNCC1. The van der Waals surface area contributed by atoms with Crippen molar-refractivity contribution in [1.29, 1.82) is 0 Å². The largest absolute Gasteiger partial charge is 0.314 e. The zero-order chi connectivity index (χ0) is 7.61. The average Bonchev–Trinajstić information content (AvgIpc) is 1.88. The second kappa shape index (κ2) is 3.26. The van der Waals surface area contributed by atoms with Gasteiger partial charge < -0.3 is 5.32 Å². The molecule has 0 aromatic rings. The van der Waals surface area contributed by atoms with Gasteiger partial charge in [0.15, 0.2) is 4.46 Å². The molecule has 1 fully saturated rings. The van der Waals surface area contributed by atoms with Crippen LogP contribution >= 0.6 is 23.2 Å². The summed E-state index contributed by atoms with van der Waals surface area (Å²) >= 11 is 11.8. The predicted molar refractivity (Wildman–Crippen MR) is 44.6 cm³/mol. The molecular weight excluding hydrogens is 171 g/mol. The minimum atomic E-state index is -0.692. The number of halogens is 2. The van der Waals surface area contributed by atoms with Crippen LogP contribution in [0.25, 0.3) is 0 Å². The number of rotatable bonds is 1. The summed E-state index contributed by atoms with van der Waals surface area (Å²) in [5.41, 5.74) is 0. The Morgan fingerprint density at radius 1 is 1.30 bits per heavy atom. The van der Waals surface area contributed by atoms with E-state index < -0.39 is 4.46 Å². The Bertz CT molecular complexity index is 105. The van der Waals surface area contributed by atoms with E-state index in [2.05, 4.69) is 5.32 Å². The normalized spacial score (nSPS) is 23.1. The summed E-state index contributed by atoms with van der Waals surface area (Å²) in [4.78, 5) is 2.05. The van der Waals surface area contributed by atoms with Gasteiger partial charge >= 0.3 is 0 Å². The molecule has 1 rings (SSSR count). The van der Waals surface area contributed by atoms with Gasteiger partial charge in [0.2, 0.25) is 0 Å². The second-order valence-electron chi connectivity index (χ2n) is 2.58. The van der Waals surface area contributed by atoms with Crippen LogP contribution in [0.3, 0.4) is 0 Å². The summed E-state index contributed by atoms with van der Waals surface area (Å²) in [6.45, 7) is 5.64. The summed E-state index contributed by atoms with van der Waals surface area (Å²) in [6.07, 6.45) is 0. The lowest BCUT2D eigenvalue weighted by Gasteiger charge is -2.34. The number of nitrogens with one attached hydrogen (secondary N) is 1. The van der Waals surface area contributed by atoms with Gasteiger partial charge in [-0.05, 0) is 6.92 Å². The van der Waals surface area contributed by atoms with Crippen molar-refractivity contribution in [3.8, 4) is 0 Å². The second-order valence-corrected chi connectivity index (χ2v) is 4.24. The third-order valence-corrected chi connectivity index (χ3v) is 2.15. The van der Waals surface area contributed by atoms with Crippen molar-refractivity contribution in [2.75, 3.05) is 26.2 Å². The van der Waals surface area contributed by atoms with Gasteiger partial charge in [-0.25, -0.2) is 0 Å². The summed E-state index contributed by atoms with van der Waals surface area (Å²) in [7, 11) is 0. The molecule has 1 saturated heterocycles. The Hall–Kier alpha value is 0.500. The van der Waals surface area contributed by atoms with Crippen molar-refractivity contribution >= 4 is 23.2 Å². The predicted octanol–water partition coefficient (Wildman–Crippen LogP) is 1.04. The number of nitrogens with zero attached hydrogens (tertiary/aromatic N) is 1. The minimum Gasteiger partial charge on any atom is -0.314 e. The Morgan fingerprint density at radius 2 is 1.80 bits per heavy atom. The molecule has 0 aliphatic carbocycles. The highest BCUT2D eigenvalue weighted by Gasteiger charge is 2.26. The van der Waals surface area contributed by atoms with E-state index in [1.54, 1.807) is 6.92 Å². The Kier molecular flexibility index (Phi) is 2.81. The van der Waals surface area contributed by atoms with E-state index in [4.69, 9.17) is 23.2 Å². The molecule has 0 radical (unpaired) electrons. The van der Waals surface area contributed by atoms with Gasteiger partial charge in [0.25, 0.3) is 0 Å². The lowest BCUT2D eigenvalue weighted by Crippen LogP contribution is -2.49. The van der Waals surface area contributed by atoms with Gasteiger partial charge in [0.05, 0.1) is 0 Å². The topological polar surface area (TPSA) is 15.3 Å². The highest BCUT2D eigenvalue weighted by Crippen LogP contribution is 2.24. The van der Waals surface area contributed by atoms with Crippen molar-refractivity contribution in [1.82, 2.24) is 10.2 Å². The standard InChI is InChI=1S/C6H12Cl2N2/c1-6(7,8)10-4-2-9-3-5-10/h9H,2-5H2,1H3. The first-order valence-corrected chi connectivity index (χ1v) is 4.20. The van der Waals surface area contributed by atoms with Crippen LogP contribution in [0.15, 0.2) is 0 Å².